The minimum atomic E-state index is -3.97. The topological polar surface area (TPSA) is 102 Å². The first-order valence-electron chi connectivity index (χ1n) is 6.24. The molecule has 0 spiro atoms. The maximum atomic E-state index is 12.3. The van der Waals surface area contributed by atoms with E-state index < -0.39 is 22.0 Å². The molecule has 0 saturated heterocycles. The average Bonchev–Trinajstić information content (AvgIpc) is 2.43. The molecule has 1 aromatic carbocycles. The van der Waals surface area contributed by atoms with Gasteiger partial charge < -0.3 is 14.6 Å². The highest BCUT2D eigenvalue weighted by atomic mass is 32.2. The van der Waals surface area contributed by atoms with Crippen molar-refractivity contribution in [2.75, 3.05) is 14.2 Å². The first-order chi connectivity index (χ1) is 9.76. The molecule has 1 rings (SSSR count). The summed E-state index contributed by atoms with van der Waals surface area (Å²) in [5, 5.41) is 8.96. The normalized spacial score (nSPS) is 12.8. The third kappa shape index (κ3) is 3.85. The zero-order valence-electron chi connectivity index (χ0n) is 12.3. The van der Waals surface area contributed by atoms with Gasteiger partial charge >= 0.3 is 5.97 Å². The second kappa shape index (κ2) is 6.77. The Balaban J connectivity index is 3.28. The van der Waals surface area contributed by atoms with Crippen molar-refractivity contribution in [2.24, 2.45) is 0 Å². The molecule has 1 aromatic rings. The summed E-state index contributed by atoms with van der Waals surface area (Å²) in [5.74, 6) is -0.565. The standard InChI is InChI=1S/C13H19NO6S/c1-5-9(13(15)16)14-21(17,18)12-7-11(20-4)10(19-3)6-8(12)2/h6-7,9,14H,5H2,1-4H3,(H,15,16). The predicted molar refractivity (Wildman–Crippen MR) is 76.3 cm³/mol. The summed E-state index contributed by atoms with van der Waals surface area (Å²) in [4.78, 5) is 10.9. The molecule has 0 aliphatic rings. The number of hydrogen-bond donors (Lipinski definition) is 2. The molecule has 8 heteroatoms. The highest BCUT2D eigenvalue weighted by molar-refractivity contribution is 7.89. The van der Waals surface area contributed by atoms with Crippen molar-refractivity contribution < 1.29 is 27.8 Å². The fourth-order valence-corrected chi connectivity index (χ4v) is 3.32. The van der Waals surface area contributed by atoms with Gasteiger partial charge in [-0.2, -0.15) is 4.72 Å². The Bertz CT molecular complexity index is 626. The van der Waals surface area contributed by atoms with E-state index in [1.54, 1.807) is 13.8 Å². The smallest absolute Gasteiger partial charge is 0.321 e. The van der Waals surface area contributed by atoms with Crippen LogP contribution in [0.2, 0.25) is 0 Å². The first-order valence-corrected chi connectivity index (χ1v) is 7.72. The molecule has 0 aromatic heterocycles. The maximum absolute atomic E-state index is 12.3. The second-order valence-electron chi connectivity index (χ2n) is 4.39. The van der Waals surface area contributed by atoms with Crippen LogP contribution in [0.3, 0.4) is 0 Å². The van der Waals surface area contributed by atoms with Crippen LogP contribution in [0, 0.1) is 6.92 Å². The van der Waals surface area contributed by atoms with E-state index in [1.165, 1.54) is 26.4 Å². The Morgan fingerprint density at radius 3 is 2.24 bits per heavy atom. The van der Waals surface area contributed by atoms with Gasteiger partial charge in [-0.15, -0.1) is 0 Å². The Morgan fingerprint density at radius 2 is 1.81 bits per heavy atom. The van der Waals surface area contributed by atoms with E-state index in [-0.39, 0.29) is 17.1 Å². The lowest BCUT2D eigenvalue weighted by Gasteiger charge is -2.16. The lowest BCUT2D eigenvalue weighted by atomic mass is 10.2. The number of aryl methyl sites for hydroxylation is 1. The SMILES string of the molecule is CCC(NS(=O)(=O)c1cc(OC)c(OC)cc1C)C(=O)O. The van der Waals surface area contributed by atoms with Gasteiger partial charge in [-0.1, -0.05) is 6.92 Å². The molecule has 1 unspecified atom stereocenters. The summed E-state index contributed by atoms with van der Waals surface area (Å²) in [6, 6.07) is 1.66. The zero-order valence-corrected chi connectivity index (χ0v) is 13.2. The molecule has 0 heterocycles. The number of methoxy groups -OCH3 is 2. The van der Waals surface area contributed by atoms with Crippen LogP contribution in [0.4, 0.5) is 0 Å². The van der Waals surface area contributed by atoms with E-state index in [2.05, 4.69) is 4.72 Å². The van der Waals surface area contributed by atoms with E-state index in [4.69, 9.17) is 14.6 Å². The molecule has 0 aliphatic carbocycles. The Morgan fingerprint density at radius 1 is 1.29 bits per heavy atom. The van der Waals surface area contributed by atoms with Gasteiger partial charge in [-0.3, -0.25) is 4.79 Å². The highest BCUT2D eigenvalue weighted by Gasteiger charge is 2.26. The zero-order chi connectivity index (χ0) is 16.2. The number of rotatable bonds is 7. The van der Waals surface area contributed by atoms with Crippen molar-refractivity contribution in [2.45, 2.75) is 31.2 Å². The number of aliphatic carboxylic acids is 1. The van der Waals surface area contributed by atoms with Crippen molar-refractivity contribution in [1.82, 2.24) is 4.72 Å². The number of nitrogens with one attached hydrogen (secondary N) is 1. The van der Waals surface area contributed by atoms with Crippen molar-refractivity contribution in [3.8, 4) is 11.5 Å². The molecule has 0 aliphatic heterocycles. The molecule has 0 radical (unpaired) electrons. The quantitative estimate of drug-likeness (QED) is 0.782. The number of hydrogen-bond acceptors (Lipinski definition) is 5. The Hall–Kier alpha value is -1.80. The maximum Gasteiger partial charge on any atom is 0.321 e. The van der Waals surface area contributed by atoms with E-state index in [0.29, 0.717) is 11.3 Å². The Labute approximate surface area is 123 Å². The number of benzene rings is 1. The lowest BCUT2D eigenvalue weighted by Crippen LogP contribution is -2.40. The van der Waals surface area contributed by atoms with E-state index in [0.717, 1.165) is 0 Å². The fraction of sp³-hybridized carbons (Fsp3) is 0.462. The van der Waals surface area contributed by atoms with Crippen molar-refractivity contribution >= 4 is 16.0 Å². The van der Waals surface area contributed by atoms with Crippen molar-refractivity contribution in [1.29, 1.82) is 0 Å². The van der Waals surface area contributed by atoms with Gasteiger partial charge in [-0.25, -0.2) is 8.42 Å². The van der Waals surface area contributed by atoms with Crippen LogP contribution in [-0.4, -0.2) is 39.8 Å². The monoisotopic (exact) mass is 317 g/mol. The summed E-state index contributed by atoms with van der Waals surface area (Å²) in [7, 11) is -1.13. The minimum Gasteiger partial charge on any atom is -0.493 e. The van der Waals surface area contributed by atoms with Gasteiger partial charge in [0.15, 0.2) is 11.5 Å². The van der Waals surface area contributed by atoms with Crippen LogP contribution < -0.4 is 14.2 Å². The number of sulfonamides is 1. The molecule has 0 bridgehead atoms. The van der Waals surface area contributed by atoms with E-state index in [9.17, 15) is 13.2 Å². The van der Waals surface area contributed by atoms with Crippen LogP contribution in [0.5, 0.6) is 11.5 Å². The number of carbonyl (C=O) groups is 1. The van der Waals surface area contributed by atoms with Gasteiger partial charge in [0.2, 0.25) is 10.0 Å². The molecule has 0 saturated carbocycles. The molecule has 0 fully saturated rings. The van der Waals surface area contributed by atoms with E-state index in [1.807, 2.05) is 0 Å². The Kier molecular flexibility index (Phi) is 5.56. The number of carboxylic acid groups (broad SMARTS) is 1. The van der Waals surface area contributed by atoms with Crippen LogP contribution in [-0.2, 0) is 14.8 Å². The van der Waals surface area contributed by atoms with Gasteiger partial charge in [0.05, 0.1) is 19.1 Å². The van der Waals surface area contributed by atoms with Gasteiger partial charge in [0.25, 0.3) is 0 Å². The highest BCUT2D eigenvalue weighted by Crippen LogP contribution is 2.32. The molecular weight excluding hydrogens is 298 g/mol. The number of ether oxygens (including phenoxy) is 2. The largest absolute Gasteiger partial charge is 0.493 e. The summed E-state index contributed by atoms with van der Waals surface area (Å²) >= 11 is 0. The van der Waals surface area contributed by atoms with Crippen LogP contribution in [0.1, 0.15) is 18.9 Å². The van der Waals surface area contributed by atoms with E-state index >= 15 is 0 Å². The average molecular weight is 317 g/mol. The first kappa shape index (κ1) is 17.3. The van der Waals surface area contributed by atoms with Crippen LogP contribution in [0.25, 0.3) is 0 Å². The molecule has 7 nitrogen and oxygen atoms in total. The summed E-state index contributed by atoms with van der Waals surface area (Å²) in [6.45, 7) is 3.18. The van der Waals surface area contributed by atoms with Crippen LogP contribution in [0.15, 0.2) is 17.0 Å². The molecule has 118 valence electrons. The molecule has 1 atom stereocenters. The van der Waals surface area contributed by atoms with Gasteiger partial charge in [-0.05, 0) is 25.0 Å². The van der Waals surface area contributed by atoms with Gasteiger partial charge in [0, 0.05) is 6.07 Å². The van der Waals surface area contributed by atoms with Crippen molar-refractivity contribution in [3.05, 3.63) is 17.7 Å². The molecule has 21 heavy (non-hydrogen) atoms. The minimum absolute atomic E-state index is 0.0418. The fourth-order valence-electron chi connectivity index (χ4n) is 1.81. The third-order valence-electron chi connectivity index (χ3n) is 2.97. The molecule has 2 N–H and O–H groups in total. The summed E-state index contributed by atoms with van der Waals surface area (Å²) in [5.41, 5.74) is 0.431. The molecule has 0 amide bonds. The van der Waals surface area contributed by atoms with Crippen molar-refractivity contribution in [3.63, 3.8) is 0 Å². The van der Waals surface area contributed by atoms with Gasteiger partial charge in [0.1, 0.15) is 6.04 Å². The second-order valence-corrected chi connectivity index (χ2v) is 6.08. The van der Waals surface area contributed by atoms with Crippen LogP contribution >= 0.6 is 0 Å². The summed E-state index contributed by atoms with van der Waals surface area (Å²) in [6.07, 6.45) is 0.140. The summed E-state index contributed by atoms with van der Waals surface area (Å²) < 4.78 is 37.0. The lowest BCUT2D eigenvalue weighted by molar-refractivity contribution is -0.139. The third-order valence-corrected chi connectivity index (χ3v) is 4.59. The predicted octanol–water partition coefficient (Wildman–Crippen LogP) is 1.15. The number of carboxylic acids is 1. The molecular formula is C13H19NO6S.